The second-order valence-corrected chi connectivity index (χ2v) is 16.9. The van der Waals surface area contributed by atoms with Crippen LogP contribution in [0.25, 0.3) is 61.0 Å². The molecule has 8 aromatic carbocycles. The van der Waals surface area contributed by atoms with Gasteiger partial charge >= 0.3 is 0 Å². The zero-order valence-corrected chi connectivity index (χ0v) is 36.1. The third-order valence-electron chi connectivity index (χ3n) is 12.2. The van der Waals surface area contributed by atoms with Gasteiger partial charge in [0.05, 0.1) is 32.2 Å². The van der Waals surface area contributed by atoms with E-state index in [0.717, 1.165) is 39.4 Å². The van der Waals surface area contributed by atoms with Gasteiger partial charge in [-0.1, -0.05) is 104 Å². The fraction of sp³-hybridized carbons (Fsp3) is 0.117. The summed E-state index contributed by atoms with van der Waals surface area (Å²) in [6.07, 6.45) is -0.288. The van der Waals surface area contributed by atoms with Crippen LogP contribution in [-0.2, 0) is 6.37 Å². The predicted octanol–water partition coefficient (Wildman–Crippen LogP) is 16.1. The molecule has 320 valence electrons. The summed E-state index contributed by atoms with van der Waals surface area (Å²) in [5.41, 5.74) is 7.67. The van der Waals surface area contributed by atoms with E-state index >= 15 is 0 Å². The Hall–Kier alpha value is -8.09. The normalized spacial score (nSPS) is 15.9. The highest BCUT2D eigenvalue weighted by Crippen LogP contribution is 2.52. The quantitative estimate of drug-likeness (QED) is 0.177. The summed E-state index contributed by atoms with van der Waals surface area (Å²) in [5.74, 6) is 1.45. The molecule has 0 unspecified atom stereocenters. The number of aryl methyl sites for hydroxylation is 1. The van der Waals surface area contributed by atoms with E-state index in [4.69, 9.17) is 24.1 Å². The number of benzene rings is 8. The van der Waals surface area contributed by atoms with Gasteiger partial charge < -0.3 is 19.3 Å². The molecule has 4 aliphatic rings. The van der Waals surface area contributed by atoms with Gasteiger partial charge in [0, 0.05) is 68.0 Å². The number of nitrogens with zero attached hydrogens (tertiary/aromatic N) is 4. The largest absolute Gasteiger partial charge is 0.457 e. The summed E-state index contributed by atoms with van der Waals surface area (Å²) in [7, 11) is 0. The van der Waals surface area contributed by atoms with Gasteiger partial charge in [-0.2, -0.15) is 0 Å². The van der Waals surface area contributed by atoms with Gasteiger partial charge in [-0.05, 0) is 133 Å². The first-order valence-corrected chi connectivity index (χ1v) is 21.9. The maximum Gasteiger partial charge on any atom is 0.137 e. The molecule has 10 aromatic rings. The minimum Gasteiger partial charge on any atom is -0.457 e. The molecule has 6 heterocycles. The minimum absolute atomic E-state index is 0.0196. The van der Waals surface area contributed by atoms with Crippen molar-refractivity contribution in [2.75, 3.05) is 16.5 Å². The smallest absolute Gasteiger partial charge is 0.137 e. The molecule has 0 amide bonds. The molecule has 0 fully saturated rings. The van der Waals surface area contributed by atoms with E-state index < -0.39 is 43.8 Å². The number of ether oxygens (including phenoxy) is 2. The number of pyridine rings is 1. The van der Waals surface area contributed by atoms with Crippen molar-refractivity contribution in [1.82, 2.24) is 9.55 Å². The predicted molar refractivity (Wildman–Crippen MR) is 272 cm³/mol. The van der Waals surface area contributed by atoms with E-state index in [1.807, 2.05) is 117 Å². The molecule has 2 aromatic heterocycles. The average molecular weight is 868 g/mol. The van der Waals surface area contributed by atoms with Crippen LogP contribution in [0.1, 0.15) is 45.6 Å². The van der Waals surface area contributed by atoms with Crippen LogP contribution in [0.2, 0.25) is 0 Å². The zero-order valence-electron chi connectivity index (χ0n) is 47.1. The van der Waals surface area contributed by atoms with Crippen molar-refractivity contribution >= 4 is 44.6 Å². The summed E-state index contributed by atoms with van der Waals surface area (Å²) in [6.45, 7) is -1.47. The molecule has 4 aliphatic heterocycles. The fourth-order valence-corrected chi connectivity index (χ4v) is 9.36. The molecular formula is C60H48N4O2. The number of aromatic nitrogens is 2. The lowest BCUT2D eigenvalue weighted by molar-refractivity contribution is 0.483. The topological polar surface area (TPSA) is 42.8 Å². The number of anilines is 4. The molecule has 66 heavy (non-hydrogen) atoms. The average Bonchev–Trinajstić information content (AvgIpc) is 4.22. The maximum atomic E-state index is 9.50. The lowest BCUT2D eigenvalue weighted by Gasteiger charge is -2.29. The van der Waals surface area contributed by atoms with Crippen LogP contribution < -0.4 is 19.3 Å². The number of hydrogen-bond donors (Lipinski definition) is 0. The molecular weight excluding hydrogens is 809 g/mol. The Morgan fingerprint density at radius 3 is 2.21 bits per heavy atom. The van der Waals surface area contributed by atoms with Crippen LogP contribution in [0, 0.1) is 19.6 Å². The number of para-hydroxylation sites is 3. The number of rotatable bonds is 3. The van der Waals surface area contributed by atoms with Gasteiger partial charge in [-0.15, -0.1) is 0 Å². The highest BCUT2D eigenvalue weighted by atomic mass is 16.5. The first kappa shape index (κ1) is 29.4. The molecule has 6 heteroatoms. The van der Waals surface area contributed by atoms with Crippen LogP contribution in [-0.4, -0.2) is 16.2 Å². The molecule has 0 saturated heterocycles. The van der Waals surface area contributed by atoms with E-state index in [1.54, 1.807) is 42.5 Å². The molecule has 0 radical (unpaired) electrons. The van der Waals surface area contributed by atoms with E-state index in [2.05, 4.69) is 21.9 Å². The van der Waals surface area contributed by atoms with Crippen molar-refractivity contribution in [3.8, 4) is 62.2 Å². The van der Waals surface area contributed by atoms with Crippen LogP contribution in [0.15, 0.2) is 188 Å². The third-order valence-corrected chi connectivity index (χ3v) is 12.2. The molecule has 14 rings (SSSR count). The summed E-state index contributed by atoms with van der Waals surface area (Å²) >= 11 is 0. The van der Waals surface area contributed by atoms with Gasteiger partial charge in [0.1, 0.15) is 35.5 Å². The Morgan fingerprint density at radius 1 is 0.621 bits per heavy atom. The molecule has 0 N–H and O–H groups in total. The van der Waals surface area contributed by atoms with Crippen LogP contribution >= 0.6 is 0 Å². The van der Waals surface area contributed by atoms with Crippen LogP contribution in [0.3, 0.4) is 0 Å². The zero-order chi connectivity index (χ0) is 53.9. The monoisotopic (exact) mass is 867 g/mol. The van der Waals surface area contributed by atoms with Crippen LogP contribution in [0.5, 0.6) is 23.0 Å². The first-order valence-electron chi connectivity index (χ1n) is 27.4. The van der Waals surface area contributed by atoms with E-state index in [9.17, 15) is 5.48 Å². The fourth-order valence-electron chi connectivity index (χ4n) is 9.36. The number of fused-ring (bicyclic) bond motifs is 5. The Labute approximate surface area is 401 Å². The molecule has 10 bridgehead atoms. The van der Waals surface area contributed by atoms with Gasteiger partial charge in [0.2, 0.25) is 0 Å². The summed E-state index contributed by atoms with van der Waals surface area (Å²) < 4.78 is 113. The highest BCUT2D eigenvalue weighted by Gasteiger charge is 2.32. The molecule has 0 aliphatic carbocycles. The Bertz CT molecular complexity index is 4000. The van der Waals surface area contributed by atoms with Crippen LogP contribution in [0.4, 0.5) is 22.7 Å². The standard InChI is InChI=1S/C60H48N4O2/c1-38(2)29-41-32-50(42-13-6-5-7-14-42)60-52(33-41)49-17-8-11-20-58(49)66-45-24-22-43(23-25-45)53-36-61-59(31-40(53)4)64-54-28-21-39(3)30-51(54)48-27-26-47(35-57(48)64)65-46-16-12-15-44(34-46)62-37-63(60)56-19-10-9-18-55(56)62/h5-28,30-36,38H,29,37H2,1-4H3/i3D3,4D3,21D,28D,29D2,30D. The summed E-state index contributed by atoms with van der Waals surface area (Å²) in [4.78, 5) is 9.27. The van der Waals surface area contributed by atoms with Gasteiger partial charge in [-0.3, -0.25) is 4.57 Å². The van der Waals surface area contributed by atoms with Gasteiger partial charge in [0.25, 0.3) is 0 Å². The second-order valence-electron chi connectivity index (χ2n) is 16.9. The lowest BCUT2D eigenvalue weighted by atomic mass is 9.89. The van der Waals surface area contributed by atoms with Crippen molar-refractivity contribution in [2.45, 2.75) is 33.9 Å². The third kappa shape index (κ3) is 6.85. The highest BCUT2D eigenvalue weighted by molar-refractivity contribution is 6.10. The second kappa shape index (κ2) is 15.9. The van der Waals surface area contributed by atoms with Gasteiger partial charge in [0.15, 0.2) is 0 Å². The Morgan fingerprint density at radius 2 is 1.38 bits per heavy atom. The Balaban J connectivity index is 1.13. The van der Waals surface area contributed by atoms with Crippen molar-refractivity contribution in [3.63, 3.8) is 0 Å². The van der Waals surface area contributed by atoms with Gasteiger partial charge in [-0.25, -0.2) is 4.98 Å². The maximum absolute atomic E-state index is 9.50. The van der Waals surface area contributed by atoms with E-state index in [0.29, 0.717) is 62.8 Å². The lowest BCUT2D eigenvalue weighted by Crippen LogP contribution is -2.25. The molecule has 0 atom stereocenters. The molecule has 0 saturated carbocycles. The summed E-state index contributed by atoms with van der Waals surface area (Å²) in [5, 5.41) is 0.474. The SMILES string of the molecule is [2H]c1c(C([2H])([2H])[2H])c([2H])c2c3ccc4cc3n(c2c1[2H])-c1cc(C([2H])([2H])[2H])c(cn1)-c1ccc(cc1)Oc1ccccc1-c1cc(C([2H])([2H])C(C)C)cc(-c2ccccc2)c1N1CN(c2cccc(c2)O4)c2ccccc21. The van der Waals surface area contributed by atoms with E-state index in [1.165, 1.54) is 16.8 Å². The molecule has 6 nitrogen and oxygen atoms in total. The van der Waals surface area contributed by atoms with E-state index in [-0.39, 0.29) is 28.2 Å². The first-order chi connectivity index (χ1) is 36.8. The van der Waals surface area contributed by atoms with Crippen molar-refractivity contribution in [3.05, 3.63) is 205 Å². The van der Waals surface area contributed by atoms with Crippen molar-refractivity contribution in [2.24, 2.45) is 5.92 Å². The number of hydrogen-bond acceptors (Lipinski definition) is 5. The molecule has 0 spiro atoms. The summed E-state index contributed by atoms with van der Waals surface area (Å²) in [6, 6.07) is 49.3. The van der Waals surface area contributed by atoms with Crippen molar-refractivity contribution < 1.29 is 24.6 Å². The Kier molecular flexibility index (Phi) is 7.06. The van der Waals surface area contributed by atoms with Crippen molar-refractivity contribution in [1.29, 1.82) is 0 Å². The minimum atomic E-state index is -2.88.